The summed E-state index contributed by atoms with van der Waals surface area (Å²) >= 11 is 0. The van der Waals surface area contributed by atoms with Gasteiger partial charge in [-0.05, 0) is 72.4 Å². The highest BCUT2D eigenvalue weighted by Crippen LogP contribution is 2.35. The molecule has 0 N–H and O–H groups in total. The Hall–Kier alpha value is -2.74. The summed E-state index contributed by atoms with van der Waals surface area (Å²) < 4.78 is 18.8. The van der Waals surface area contributed by atoms with Crippen molar-refractivity contribution in [2.75, 3.05) is 33.9 Å². The number of methoxy groups -OCH3 is 2. The van der Waals surface area contributed by atoms with E-state index >= 15 is 0 Å². The van der Waals surface area contributed by atoms with Crippen molar-refractivity contribution in [1.29, 1.82) is 0 Å². The summed E-state index contributed by atoms with van der Waals surface area (Å²) in [6.07, 6.45) is 3.11. The van der Waals surface area contributed by atoms with Crippen LogP contribution in [0.2, 0.25) is 0 Å². The minimum atomic E-state index is -0.561. The first-order valence-corrected chi connectivity index (χ1v) is 13.0. The average molecular weight is 502 g/mol. The van der Waals surface area contributed by atoms with Crippen molar-refractivity contribution in [2.24, 2.45) is 0 Å². The molecule has 0 aliphatic carbocycles. The maximum absolute atomic E-state index is 14.3. The van der Waals surface area contributed by atoms with Gasteiger partial charge in [0.25, 0.3) is 5.91 Å². The van der Waals surface area contributed by atoms with Crippen LogP contribution in [0.25, 0.3) is 10.9 Å². The van der Waals surface area contributed by atoms with Gasteiger partial charge in [-0.1, -0.05) is 12.1 Å². The highest BCUT2D eigenvalue weighted by molar-refractivity contribution is 6.04. The Labute approximate surface area is 215 Å². The van der Waals surface area contributed by atoms with Crippen LogP contribution in [-0.4, -0.2) is 78.0 Å². The van der Waals surface area contributed by atoms with Crippen LogP contribution in [0.5, 0.6) is 5.75 Å². The molecule has 0 saturated carbocycles. The van der Waals surface area contributed by atoms with Crippen LogP contribution in [-0.2, 0) is 16.0 Å². The number of para-hydroxylation sites is 1. The summed E-state index contributed by atoms with van der Waals surface area (Å²) in [4.78, 5) is 30.8. The van der Waals surface area contributed by atoms with E-state index in [0.29, 0.717) is 37.7 Å². The van der Waals surface area contributed by atoms with Gasteiger partial charge in [-0.15, -0.1) is 0 Å². The number of nitrogens with zero attached hydrogens (tertiary/aromatic N) is 3. The molecule has 3 rings (SSSR count). The molecule has 2 aromatic rings. The van der Waals surface area contributed by atoms with Gasteiger partial charge in [-0.3, -0.25) is 4.79 Å². The Morgan fingerprint density at radius 3 is 2.50 bits per heavy atom. The number of aromatic nitrogens is 1. The summed E-state index contributed by atoms with van der Waals surface area (Å²) in [5.41, 5.74) is 0.992. The lowest BCUT2D eigenvalue weighted by atomic mass is 10.0. The quantitative estimate of drug-likeness (QED) is 0.435. The third kappa shape index (κ3) is 6.33. The molecule has 0 bridgehead atoms. The number of unbranched alkanes of at least 4 members (excludes halogenated alkanes) is 1. The van der Waals surface area contributed by atoms with Crippen LogP contribution >= 0.6 is 0 Å². The molecule has 1 fully saturated rings. The number of likely N-dealkylation sites (tertiary alicyclic amines) is 1. The Bertz CT molecular complexity index is 1040. The summed E-state index contributed by atoms with van der Waals surface area (Å²) in [7, 11) is 3.33. The van der Waals surface area contributed by atoms with Crippen molar-refractivity contribution >= 4 is 22.9 Å². The lowest BCUT2D eigenvalue weighted by molar-refractivity contribution is 0.00727. The number of hydrogen-bond donors (Lipinski definition) is 0. The maximum atomic E-state index is 14.3. The number of carbonyl (C=O) groups excluding carboxylic acids is 2. The van der Waals surface area contributed by atoms with E-state index in [2.05, 4.69) is 4.57 Å². The highest BCUT2D eigenvalue weighted by atomic mass is 16.6. The normalized spacial score (nSPS) is 16.4. The van der Waals surface area contributed by atoms with Gasteiger partial charge >= 0.3 is 6.09 Å². The number of amides is 2. The summed E-state index contributed by atoms with van der Waals surface area (Å²) in [6.45, 7) is 12.1. The molecule has 1 aromatic heterocycles. The number of benzene rings is 1. The van der Waals surface area contributed by atoms with Gasteiger partial charge in [0.2, 0.25) is 0 Å². The zero-order valence-corrected chi connectivity index (χ0v) is 23.0. The van der Waals surface area contributed by atoms with E-state index in [-0.39, 0.29) is 24.1 Å². The largest absolute Gasteiger partial charge is 0.494 e. The van der Waals surface area contributed by atoms with Gasteiger partial charge in [0.05, 0.1) is 18.7 Å². The van der Waals surface area contributed by atoms with Crippen molar-refractivity contribution in [3.63, 3.8) is 0 Å². The monoisotopic (exact) mass is 501 g/mol. The van der Waals surface area contributed by atoms with Crippen LogP contribution in [0.4, 0.5) is 4.79 Å². The number of aryl methyl sites for hydroxylation is 1. The molecule has 2 amide bonds. The molecule has 1 aliphatic rings. The molecule has 2 heterocycles. The van der Waals surface area contributed by atoms with Gasteiger partial charge < -0.3 is 28.6 Å². The molecule has 8 nitrogen and oxygen atoms in total. The van der Waals surface area contributed by atoms with Crippen LogP contribution < -0.4 is 4.74 Å². The standard InChI is InChI=1S/C28H43N3O5/c1-20(2)31(21-13-12-16-29(19-21)27(33)36-28(3,4)5)26(32)24-25(35-7)22-14-8-9-15-23(22)30(24)17-10-11-18-34-6/h8-9,14-15,20-21H,10-13,16-19H2,1-7H3/t21-/m1/s1. The summed E-state index contributed by atoms with van der Waals surface area (Å²) in [5, 5.41) is 0.929. The second-order valence-electron chi connectivity index (χ2n) is 10.8. The second kappa shape index (κ2) is 12.0. The van der Waals surface area contributed by atoms with Gasteiger partial charge in [0.15, 0.2) is 11.4 Å². The minimum absolute atomic E-state index is 0.0502. The first-order valence-electron chi connectivity index (χ1n) is 13.0. The average Bonchev–Trinajstić information content (AvgIpc) is 3.14. The number of hydrogen-bond acceptors (Lipinski definition) is 5. The number of fused-ring (bicyclic) bond motifs is 1. The molecule has 0 spiro atoms. The van der Waals surface area contributed by atoms with Crippen molar-refractivity contribution in [1.82, 2.24) is 14.4 Å². The van der Waals surface area contributed by atoms with E-state index < -0.39 is 5.60 Å². The van der Waals surface area contributed by atoms with E-state index in [1.165, 1.54) is 0 Å². The molecule has 1 saturated heterocycles. The Morgan fingerprint density at radius 2 is 1.86 bits per heavy atom. The van der Waals surface area contributed by atoms with Gasteiger partial charge in [-0.2, -0.15) is 0 Å². The third-order valence-corrected chi connectivity index (χ3v) is 6.54. The lowest BCUT2D eigenvalue weighted by Gasteiger charge is -2.41. The van der Waals surface area contributed by atoms with Crippen molar-refractivity contribution in [3.05, 3.63) is 30.0 Å². The Kier molecular flexibility index (Phi) is 9.28. The molecule has 1 atom stereocenters. The predicted octanol–water partition coefficient (Wildman–Crippen LogP) is 5.33. The minimum Gasteiger partial charge on any atom is -0.494 e. The third-order valence-electron chi connectivity index (χ3n) is 6.54. The van der Waals surface area contributed by atoms with Gasteiger partial charge in [0, 0.05) is 44.8 Å². The van der Waals surface area contributed by atoms with E-state index in [9.17, 15) is 9.59 Å². The van der Waals surface area contributed by atoms with Crippen LogP contribution in [0.3, 0.4) is 0 Å². The number of ether oxygens (including phenoxy) is 3. The zero-order valence-electron chi connectivity index (χ0n) is 23.0. The topological polar surface area (TPSA) is 73.2 Å². The molecule has 1 aromatic carbocycles. The molecule has 0 unspecified atom stereocenters. The summed E-state index contributed by atoms with van der Waals surface area (Å²) in [6, 6.07) is 7.83. The van der Waals surface area contributed by atoms with E-state index in [4.69, 9.17) is 14.2 Å². The second-order valence-corrected chi connectivity index (χ2v) is 10.8. The molecule has 8 heteroatoms. The van der Waals surface area contributed by atoms with Crippen LogP contribution in [0, 0.1) is 0 Å². The van der Waals surface area contributed by atoms with Gasteiger partial charge in [0.1, 0.15) is 5.60 Å². The predicted molar refractivity (Wildman–Crippen MR) is 142 cm³/mol. The molecular weight excluding hydrogens is 458 g/mol. The first-order chi connectivity index (χ1) is 17.1. The highest BCUT2D eigenvalue weighted by Gasteiger charge is 2.37. The van der Waals surface area contributed by atoms with E-state index in [1.54, 1.807) is 19.1 Å². The SMILES string of the molecule is COCCCCn1c(C(=O)N(C(C)C)[C@@H]2CCCN(C(=O)OC(C)(C)C)C2)c(OC)c2ccccc21. The van der Waals surface area contributed by atoms with Gasteiger partial charge in [-0.25, -0.2) is 4.79 Å². The molecule has 0 radical (unpaired) electrons. The fourth-order valence-corrected chi connectivity index (χ4v) is 5.06. The van der Waals surface area contributed by atoms with E-state index in [0.717, 1.165) is 36.6 Å². The fourth-order valence-electron chi connectivity index (χ4n) is 5.06. The van der Waals surface area contributed by atoms with E-state index in [1.807, 2.05) is 63.8 Å². The van der Waals surface area contributed by atoms with Crippen LogP contribution in [0.15, 0.2) is 24.3 Å². The Morgan fingerprint density at radius 1 is 1.14 bits per heavy atom. The Balaban J connectivity index is 1.96. The molecule has 200 valence electrons. The zero-order chi connectivity index (χ0) is 26.5. The maximum Gasteiger partial charge on any atom is 0.410 e. The fraction of sp³-hybridized carbons (Fsp3) is 0.643. The number of rotatable bonds is 9. The first kappa shape index (κ1) is 27.8. The van der Waals surface area contributed by atoms with Crippen molar-refractivity contribution in [2.45, 2.75) is 84.5 Å². The van der Waals surface area contributed by atoms with Crippen LogP contribution in [0.1, 0.15) is 70.8 Å². The molecular formula is C28H43N3O5. The molecule has 1 aliphatic heterocycles. The number of carbonyl (C=O) groups is 2. The lowest BCUT2D eigenvalue weighted by Crippen LogP contribution is -2.54. The smallest absolute Gasteiger partial charge is 0.410 e. The number of piperidine rings is 1. The summed E-state index contributed by atoms with van der Waals surface area (Å²) in [5.74, 6) is 0.536. The van der Waals surface area contributed by atoms with Crippen molar-refractivity contribution in [3.8, 4) is 5.75 Å². The molecule has 36 heavy (non-hydrogen) atoms. The van der Waals surface area contributed by atoms with Crippen molar-refractivity contribution < 1.29 is 23.8 Å².